The number of nitrogens with one attached hydrogen (secondary N) is 1. The monoisotopic (exact) mass is 432 g/mol. The maximum atomic E-state index is 13.3. The highest BCUT2D eigenvalue weighted by Gasteiger charge is 2.26. The van der Waals surface area contributed by atoms with Crippen LogP contribution >= 0.6 is 0 Å². The molecular weight excluding hydrogens is 406 g/mol. The molecule has 0 aliphatic heterocycles. The molecule has 0 spiro atoms. The van der Waals surface area contributed by atoms with E-state index in [0.717, 1.165) is 16.9 Å². The van der Waals surface area contributed by atoms with Gasteiger partial charge in [0.2, 0.25) is 11.5 Å². The van der Waals surface area contributed by atoms with Gasteiger partial charge in [0, 0.05) is 18.3 Å². The first kappa shape index (κ1) is 21.3. The Morgan fingerprint density at radius 1 is 1.25 bits per heavy atom. The number of pyridine rings is 2. The summed E-state index contributed by atoms with van der Waals surface area (Å²) in [4.78, 5) is 31.0. The molecule has 3 N–H and O–H groups in total. The number of amides is 1. The van der Waals surface area contributed by atoms with Crippen LogP contribution in [-0.2, 0) is 6.54 Å². The maximum Gasteiger partial charge on any atom is 0.278 e. The van der Waals surface area contributed by atoms with Crippen LogP contribution in [0.3, 0.4) is 0 Å². The van der Waals surface area contributed by atoms with E-state index in [0.29, 0.717) is 23.2 Å². The first-order chi connectivity index (χ1) is 15.3. The molecule has 8 heteroatoms. The zero-order chi connectivity index (χ0) is 23.0. The van der Waals surface area contributed by atoms with Gasteiger partial charge in [-0.25, -0.2) is 4.57 Å². The number of aryl methyl sites for hydroxylation is 1. The third kappa shape index (κ3) is 3.64. The van der Waals surface area contributed by atoms with Gasteiger partial charge in [-0.05, 0) is 50.6 Å². The van der Waals surface area contributed by atoms with Gasteiger partial charge >= 0.3 is 0 Å². The van der Waals surface area contributed by atoms with Gasteiger partial charge in [0.25, 0.3) is 17.1 Å². The zero-order valence-electron chi connectivity index (χ0n) is 18.5. The minimum Gasteiger partial charge on any atom is -0.497 e. The van der Waals surface area contributed by atoms with Crippen molar-refractivity contribution < 1.29 is 14.1 Å². The van der Waals surface area contributed by atoms with Crippen LogP contribution in [0.5, 0.6) is 5.75 Å². The molecule has 0 radical (unpaired) electrons. The van der Waals surface area contributed by atoms with Crippen molar-refractivity contribution in [2.75, 3.05) is 12.8 Å². The van der Waals surface area contributed by atoms with Crippen molar-refractivity contribution in [3.05, 3.63) is 75.7 Å². The predicted octanol–water partition coefficient (Wildman–Crippen LogP) is 2.55. The van der Waals surface area contributed by atoms with Gasteiger partial charge in [-0.2, -0.15) is 0 Å². The fourth-order valence-corrected chi connectivity index (χ4v) is 3.80. The summed E-state index contributed by atoms with van der Waals surface area (Å²) in [7, 11) is 1.60. The highest BCUT2D eigenvalue weighted by Crippen LogP contribution is 2.18. The summed E-state index contributed by atoms with van der Waals surface area (Å²) in [5.41, 5.74) is 9.24. The lowest BCUT2D eigenvalue weighted by atomic mass is 10.1. The van der Waals surface area contributed by atoms with Crippen LogP contribution in [-0.4, -0.2) is 22.4 Å². The van der Waals surface area contributed by atoms with Crippen LogP contribution in [0.2, 0.25) is 0 Å². The highest BCUT2D eigenvalue weighted by atomic mass is 16.5. The molecule has 8 nitrogen and oxygen atoms in total. The normalized spacial score (nSPS) is 11.3. The van der Waals surface area contributed by atoms with Crippen LogP contribution in [0, 0.1) is 6.92 Å². The van der Waals surface area contributed by atoms with E-state index in [1.165, 1.54) is 10.5 Å². The number of fused-ring (bicyclic) bond motifs is 2. The van der Waals surface area contributed by atoms with Crippen LogP contribution in [0.25, 0.3) is 16.7 Å². The molecule has 0 saturated heterocycles. The van der Waals surface area contributed by atoms with Crippen LogP contribution in [0.4, 0.5) is 5.82 Å². The Bertz CT molecular complexity index is 1390. The lowest BCUT2D eigenvalue weighted by Gasteiger charge is -2.15. The molecular formula is C24H26N5O3+. The quantitative estimate of drug-likeness (QED) is 0.373. The SMILES string of the molecule is COc1ccc(CNC(=O)c2cc3c(=O)n4cccc(C)c4nc3[n+](C(C)C)c2N)cc1. The minimum atomic E-state index is -0.358. The lowest BCUT2D eigenvalue weighted by molar-refractivity contribution is -0.679. The highest BCUT2D eigenvalue weighted by molar-refractivity contribution is 6.00. The first-order valence-electron chi connectivity index (χ1n) is 10.4. The van der Waals surface area contributed by atoms with E-state index in [1.54, 1.807) is 23.9 Å². The average Bonchev–Trinajstić information content (AvgIpc) is 2.78. The molecule has 0 saturated carbocycles. The summed E-state index contributed by atoms with van der Waals surface area (Å²) < 4.78 is 8.40. The number of nitrogens with zero attached hydrogens (tertiary/aromatic N) is 3. The van der Waals surface area contributed by atoms with Crippen molar-refractivity contribution in [2.45, 2.75) is 33.4 Å². The summed E-state index contributed by atoms with van der Waals surface area (Å²) in [6.07, 6.45) is 1.68. The molecule has 0 aliphatic rings. The summed E-state index contributed by atoms with van der Waals surface area (Å²) in [6.45, 7) is 6.10. The molecule has 0 unspecified atom stereocenters. The molecule has 3 heterocycles. The fraction of sp³-hybridized carbons (Fsp3) is 0.250. The molecule has 0 atom stereocenters. The number of methoxy groups -OCH3 is 1. The van der Waals surface area contributed by atoms with Gasteiger partial charge < -0.3 is 15.8 Å². The molecule has 0 aliphatic carbocycles. The second-order valence-electron chi connectivity index (χ2n) is 7.98. The van der Waals surface area contributed by atoms with Crippen LogP contribution < -0.4 is 25.9 Å². The Kier molecular flexibility index (Phi) is 5.52. The second kappa shape index (κ2) is 8.30. The Hall–Kier alpha value is -3.94. The molecule has 0 fully saturated rings. The molecule has 4 rings (SSSR count). The molecule has 0 bridgehead atoms. The Morgan fingerprint density at radius 3 is 2.62 bits per heavy atom. The van der Waals surface area contributed by atoms with Crippen molar-refractivity contribution in [1.29, 1.82) is 0 Å². The van der Waals surface area contributed by atoms with Crippen molar-refractivity contribution >= 4 is 28.4 Å². The van der Waals surface area contributed by atoms with Gasteiger partial charge in [-0.1, -0.05) is 23.2 Å². The average molecular weight is 433 g/mol. The molecule has 1 aromatic carbocycles. The van der Waals surface area contributed by atoms with Crippen molar-refractivity contribution in [3.63, 3.8) is 0 Å². The number of rotatable bonds is 5. The van der Waals surface area contributed by atoms with Crippen molar-refractivity contribution in [1.82, 2.24) is 14.7 Å². The number of hydrogen-bond acceptors (Lipinski definition) is 5. The molecule has 4 aromatic rings. The van der Waals surface area contributed by atoms with E-state index in [2.05, 4.69) is 5.32 Å². The smallest absolute Gasteiger partial charge is 0.278 e. The number of nitrogen functional groups attached to an aromatic ring is 1. The molecule has 1 amide bonds. The van der Waals surface area contributed by atoms with E-state index in [4.69, 9.17) is 15.5 Å². The van der Waals surface area contributed by atoms with Crippen LogP contribution in [0.15, 0.2) is 53.5 Å². The van der Waals surface area contributed by atoms with Crippen molar-refractivity contribution in [3.8, 4) is 5.75 Å². The lowest BCUT2D eigenvalue weighted by Crippen LogP contribution is -2.44. The molecule has 3 aromatic heterocycles. The number of nitrogens with two attached hydrogens (primary N) is 1. The Balaban J connectivity index is 1.81. The second-order valence-corrected chi connectivity index (χ2v) is 7.98. The molecule has 32 heavy (non-hydrogen) atoms. The Labute approximate surface area is 185 Å². The van der Waals surface area contributed by atoms with E-state index < -0.39 is 0 Å². The minimum absolute atomic E-state index is 0.106. The van der Waals surface area contributed by atoms with Gasteiger partial charge in [0.05, 0.1) is 13.2 Å². The topological polar surface area (TPSA) is 103 Å². The first-order valence-corrected chi connectivity index (χ1v) is 10.4. The number of carbonyl (C=O) groups excluding carboxylic acids is 1. The largest absolute Gasteiger partial charge is 0.497 e. The van der Waals surface area contributed by atoms with E-state index >= 15 is 0 Å². The number of hydrogen-bond donors (Lipinski definition) is 2. The van der Waals surface area contributed by atoms with Gasteiger partial charge in [0.15, 0.2) is 0 Å². The van der Waals surface area contributed by atoms with Gasteiger partial charge in [-0.15, -0.1) is 0 Å². The third-order valence-corrected chi connectivity index (χ3v) is 5.49. The number of benzene rings is 1. The fourth-order valence-electron chi connectivity index (χ4n) is 3.80. The Morgan fingerprint density at radius 2 is 1.97 bits per heavy atom. The summed E-state index contributed by atoms with van der Waals surface area (Å²) in [5, 5.41) is 3.23. The van der Waals surface area contributed by atoms with Crippen LogP contribution in [0.1, 0.15) is 41.4 Å². The third-order valence-electron chi connectivity index (χ3n) is 5.49. The van der Waals surface area contributed by atoms with E-state index in [-0.39, 0.29) is 28.9 Å². The summed E-state index contributed by atoms with van der Waals surface area (Å²) in [5.74, 6) is 0.653. The predicted molar refractivity (Wildman–Crippen MR) is 123 cm³/mol. The van der Waals surface area contributed by atoms with Gasteiger partial charge in [-0.3, -0.25) is 14.0 Å². The zero-order valence-corrected chi connectivity index (χ0v) is 18.5. The van der Waals surface area contributed by atoms with Gasteiger partial charge in [0.1, 0.15) is 16.7 Å². The van der Waals surface area contributed by atoms with E-state index in [9.17, 15) is 9.59 Å². The maximum absolute atomic E-state index is 13.3. The number of ether oxygens (including phenoxy) is 1. The standard InChI is InChI=1S/C24H25N5O3/c1-14(2)29-20(25)18(23(30)26-13-16-7-9-17(32-4)10-8-16)12-19-22(29)27-21-15(3)6-5-11-28(21)24(19)31/h5-12,14,25H,13H2,1-4H3,(H,26,30)/p+1. The molecule has 164 valence electrons. The number of carbonyl (C=O) groups is 1. The van der Waals surface area contributed by atoms with Crippen molar-refractivity contribution in [2.24, 2.45) is 0 Å². The number of anilines is 1. The summed E-state index contributed by atoms with van der Waals surface area (Å²) >= 11 is 0. The number of aromatic nitrogens is 3. The summed E-state index contributed by atoms with van der Waals surface area (Å²) in [6, 6.07) is 12.5. The van der Waals surface area contributed by atoms with E-state index in [1.807, 2.05) is 51.1 Å².